The summed E-state index contributed by atoms with van der Waals surface area (Å²) >= 11 is 6.53. The Bertz CT molecular complexity index is 1160. The average Bonchev–Trinajstić information content (AvgIpc) is 2.77. The van der Waals surface area contributed by atoms with Crippen LogP contribution in [0.2, 0.25) is 5.02 Å². The number of hydrogen-bond acceptors (Lipinski definition) is 6. The highest BCUT2D eigenvalue weighted by atomic mass is 35.5. The van der Waals surface area contributed by atoms with Crippen LogP contribution in [0.5, 0.6) is 17.2 Å². The third-order valence-electron chi connectivity index (χ3n) is 5.78. The van der Waals surface area contributed by atoms with Gasteiger partial charge in [-0.05, 0) is 76.9 Å². The summed E-state index contributed by atoms with van der Waals surface area (Å²) in [7, 11) is 0. The van der Waals surface area contributed by atoms with Crippen LogP contribution in [0.15, 0.2) is 66.4 Å². The van der Waals surface area contributed by atoms with Gasteiger partial charge >= 0.3 is 0 Å². The maximum Gasteiger partial charge on any atom is 0.146 e. The monoisotopic (exact) mass is 492 g/mol. The molecular formula is C28H33ClN4O2. The summed E-state index contributed by atoms with van der Waals surface area (Å²) in [6, 6.07) is 12.8. The Morgan fingerprint density at radius 1 is 1.23 bits per heavy atom. The van der Waals surface area contributed by atoms with Crippen LogP contribution in [-0.2, 0) is 0 Å². The lowest BCUT2D eigenvalue weighted by molar-refractivity contribution is 0.0935. The molecular weight excluding hydrogens is 460 g/mol. The molecule has 184 valence electrons. The molecule has 0 amide bonds. The minimum atomic E-state index is 0.0638. The predicted molar refractivity (Wildman–Crippen MR) is 142 cm³/mol. The van der Waals surface area contributed by atoms with Crippen molar-refractivity contribution in [2.45, 2.75) is 51.6 Å². The van der Waals surface area contributed by atoms with Crippen LogP contribution in [0.4, 0.5) is 0 Å². The van der Waals surface area contributed by atoms with Crippen molar-refractivity contribution in [1.82, 2.24) is 5.32 Å². The van der Waals surface area contributed by atoms with E-state index < -0.39 is 0 Å². The molecule has 6 nitrogen and oxygen atoms in total. The van der Waals surface area contributed by atoms with Crippen molar-refractivity contribution in [3.05, 3.63) is 77.6 Å². The molecule has 1 heterocycles. The van der Waals surface area contributed by atoms with Crippen LogP contribution in [0.3, 0.4) is 0 Å². The second kappa shape index (κ2) is 11.0. The first-order chi connectivity index (χ1) is 16.6. The summed E-state index contributed by atoms with van der Waals surface area (Å²) < 4.78 is 12.1. The molecule has 0 aliphatic carbocycles. The van der Waals surface area contributed by atoms with E-state index in [-0.39, 0.29) is 11.1 Å². The number of allylic oxidation sites excluding steroid dienone is 1. The van der Waals surface area contributed by atoms with Crippen LogP contribution in [0.1, 0.15) is 51.7 Å². The molecule has 0 spiro atoms. The highest BCUT2D eigenvalue weighted by Crippen LogP contribution is 2.36. The zero-order chi connectivity index (χ0) is 25.6. The van der Waals surface area contributed by atoms with Crippen LogP contribution in [-0.4, -0.2) is 23.4 Å². The number of piperidine rings is 1. The lowest BCUT2D eigenvalue weighted by Gasteiger charge is -2.46. The Kier molecular flexibility index (Phi) is 8.26. The van der Waals surface area contributed by atoms with Gasteiger partial charge in [-0.15, -0.1) is 0 Å². The van der Waals surface area contributed by atoms with Gasteiger partial charge in [0.1, 0.15) is 28.9 Å². The second-order valence-corrected chi connectivity index (χ2v) is 10.4. The van der Waals surface area contributed by atoms with Crippen molar-refractivity contribution >= 4 is 17.3 Å². The molecule has 3 N–H and O–H groups in total. The minimum Gasteiger partial charge on any atom is -0.493 e. The molecule has 1 saturated heterocycles. The summed E-state index contributed by atoms with van der Waals surface area (Å²) in [4.78, 5) is 4.21. The first-order valence-electron chi connectivity index (χ1n) is 11.6. The van der Waals surface area contributed by atoms with Crippen LogP contribution >= 0.6 is 11.6 Å². The number of nitrogens with one attached hydrogen (secondary N) is 1. The minimum absolute atomic E-state index is 0.0638. The van der Waals surface area contributed by atoms with Crippen molar-refractivity contribution in [2.24, 2.45) is 16.6 Å². The van der Waals surface area contributed by atoms with Crippen LogP contribution in [0.25, 0.3) is 0 Å². The number of rotatable bonds is 8. The molecule has 2 aromatic rings. The number of nitrogens with two attached hydrogens (primary N) is 1. The fourth-order valence-corrected chi connectivity index (χ4v) is 5.18. The number of nitrogens with zero attached hydrogens (tertiary/aromatic N) is 2. The Morgan fingerprint density at radius 3 is 2.54 bits per heavy atom. The van der Waals surface area contributed by atoms with E-state index in [1.807, 2.05) is 6.07 Å². The number of ether oxygens (including phenoxy) is 2. The van der Waals surface area contributed by atoms with Gasteiger partial charge in [0, 0.05) is 28.9 Å². The maximum absolute atomic E-state index is 9.82. The quantitative estimate of drug-likeness (QED) is 0.419. The highest BCUT2D eigenvalue weighted by Gasteiger charge is 2.37. The zero-order valence-corrected chi connectivity index (χ0v) is 21.5. The van der Waals surface area contributed by atoms with Gasteiger partial charge in [-0.2, -0.15) is 5.26 Å². The number of nitriles is 1. The summed E-state index contributed by atoms with van der Waals surface area (Å²) in [6.07, 6.45) is 6.43. The van der Waals surface area contributed by atoms with E-state index in [0.29, 0.717) is 51.6 Å². The Labute approximate surface area is 213 Å². The van der Waals surface area contributed by atoms with Gasteiger partial charge in [-0.3, -0.25) is 4.99 Å². The van der Waals surface area contributed by atoms with Crippen molar-refractivity contribution in [3.63, 3.8) is 0 Å². The summed E-state index contributed by atoms with van der Waals surface area (Å²) in [6.45, 7) is 13.2. The lowest BCUT2D eigenvalue weighted by atomic mass is 9.76. The number of aliphatic imine (C=N–C) groups is 1. The molecule has 0 aromatic heterocycles. The Morgan fingerprint density at radius 2 is 1.94 bits per heavy atom. The van der Waals surface area contributed by atoms with Crippen molar-refractivity contribution in [3.8, 4) is 23.3 Å². The fraction of sp³-hybridized carbons (Fsp3) is 0.357. The maximum atomic E-state index is 9.82. The Balaban J connectivity index is 1.77. The van der Waals surface area contributed by atoms with Crippen molar-refractivity contribution in [1.29, 1.82) is 5.26 Å². The summed E-state index contributed by atoms with van der Waals surface area (Å²) in [5, 5.41) is 13.9. The van der Waals surface area contributed by atoms with E-state index in [2.05, 4.69) is 50.7 Å². The smallest absolute Gasteiger partial charge is 0.146 e. The molecule has 0 unspecified atom stereocenters. The van der Waals surface area contributed by atoms with E-state index >= 15 is 0 Å². The predicted octanol–water partition coefficient (Wildman–Crippen LogP) is 6.34. The van der Waals surface area contributed by atoms with Gasteiger partial charge < -0.3 is 20.5 Å². The van der Waals surface area contributed by atoms with Crippen molar-refractivity contribution < 1.29 is 9.47 Å². The average molecular weight is 493 g/mol. The number of benzene rings is 2. The third kappa shape index (κ3) is 6.88. The van der Waals surface area contributed by atoms with Gasteiger partial charge in [0.2, 0.25) is 0 Å². The normalized spacial score (nSPS) is 17.7. The topological polar surface area (TPSA) is 92.7 Å². The summed E-state index contributed by atoms with van der Waals surface area (Å²) in [5.41, 5.74) is 7.07. The van der Waals surface area contributed by atoms with E-state index in [1.165, 1.54) is 12.4 Å². The first-order valence-corrected chi connectivity index (χ1v) is 12.0. The van der Waals surface area contributed by atoms with Crippen molar-refractivity contribution in [2.75, 3.05) is 6.61 Å². The molecule has 2 aromatic carbocycles. The SMILES string of the molecule is C=CN=C(/C=C\N)c1cccc(Oc2ccc(OCC3CC(C)(C)NC(C)(C)C3)cc2Cl)c1C#N. The molecule has 3 rings (SSSR count). The molecule has 7 heteroatoms. The Hall–Kier alpha value is -3.27. The summed E-state index contributed by atoms with van der Waals surface area (Å²) in [5.74, 6) is 1.90. The molecule has 0 saturated carbocycles. The molecule has 1 aliphatic heterocycles. The van der Waals surface area contributed by atoms with Gasteiger partial charge in [-0.25, -0.2) is 0 Å². The number of hydrogen-bond donors (Lipinski definition) is 2. The molecule has 0 bridgehead atoms. The standard InChI is InChI=1S/C28H33ClN4O2/c1-6-32-24(12-13-30)21-8-7-9-25(22(21)17-31)35-26-11-10-20(14-23(26)29)34-18-19-15-27(2,3)33-28(4,5)16-19/h6-14,19,33H,1,15-16,18,30H2,2-5H3/b13-12-,32-24?. The van der Waals surface area contributed by atoms with E-state index in [1.54, 1.807) is 36.4 Å². The largest absolute Gasteiger partial charge is 0.493 e. The fourth-order valence-electron chi connectivity index (χ4n) is 4.97. The molecule has 0 atom stereocenters. The first kappa shape index (κ1) is 26.3. The van der Waals surface area contributed by atoms with Crippen LogP contribution in [0, 0.1) is 17.2 Å². The zero-order valence-electron chi connectivity index (χ0n) is 20.8. The lowest BCUT2D eigenvalue weighted by Crippen LogP contribution is -2.58. The molecule has 0 radical (unpaired) electrons. The third-order valence-corrected chi connectivity index (χ3v) is 6.08. The van der Waals surface area contributed by atoms with E-state index in [4.69, 9.17) is 26.8 Å². The second-order valence-electron chi connectivity index (χ2n) is 10.0. The molecule has 35 heavy (non-hydrogen) atoms. The van der Waals surface area contributed by atoms with Gasteiger partial charge in [0.05, 0.1) is 17.3 Å². The highest BCUT2D eigenvalue weighted by molar-refractivity contribution is 6.32. The van der Waals surface area contributed by atoms with Gasteiger partial charge in [0.25, 0.3) is 0 Å². The number of halogens is 1. The van der Waals surface area contributed by atoms with Gasteiger partial charge in [0.15, 0.2) is 0 Å². The van der Waals surface area contributed by atoms with Gasteiger partial charge in [-0.1, -0.05) is 30.3 Å². The van der Waals surface area contributed by atoms with E-state index in [0.717, 1.165) is 12.8 Å². The molecule has 1 fully saturated rings. The molecule has 1 aliphatic rings. The van der Waals surface area contributed by atoms with E-state index in [9.17, 15) is 5.26 Å². The van der Waals surface area contributed by atoms with Crippen LogP contribution < -0.4 is 20.5 Å².